The van der Waals surface area contributed by atoms with E-state index in [0.717, 1.165) is 11.2 Å². The lowest BCUT2D eigenvalue weighted by molar-refractivity contribution is 0.112. The summed E-state index contributed by atoms with van der Waals surface area (Å²) in [6.45, 7) is 0. The van der Waals surface area contributed by atoms with Gasteiger partial charge in [0.1, 0.15) is 0 Å². The van der Waals surface area contributed by atoms with Crippen LogP contribution >= 0.6 is 143 Å². The molecule has 0 aliphatic heterocycles. The van der Waals surface area contributed by atoms with Gasteiger partial charge in [-0.15, -0.1) is 79.4 Å². The van der Waals surface area contributed by atoms with Gasteiger partial charge in [0.05, 0.1) is 20.0 Å². The highest BCUT2D eigenvalue weighted by Crippen LogP contribution is 2.39. The molecule has 238 valence electrons. The van der Waals surface area contributed by atoms with E-state index in [1.807, 2.05) is 11.4 Å². The summed E-state index contributed by atoms with van der Waals surface area (Å²) >= 11 is 26.0. The lowest BCUT2D eigenvalue weighted by Gasteiger charge is -1.90. The van der Waals surface area contributed by atoms with Crippen LogP contribution in [0.3, 0.4) is 0 Å². The minimum Gasteiger partial charge on any atom is -0.297 e. The zero-order valence-electron chi connectivity index (χ0n) is 24.0. The molecule has 0 radical (unpaired) electrons. The molecule has 8 aromatic rings. The standard InChI is InChI=1S/C10H4Br2S2.C10H6Br2S2.C10H8S2.C5H4OS/c11-9-3-5-6-4-10(12)14-8(6)2-1-7(5)13-9;11-9-5-3-7(13-9)1-2-8-4-6-10(12)14-8;1-3-9(11-7-1)5-6-10-4-2-8-12-10;6-4-5-2-1-3-7-5/h1-4H;1-6H;1-8H;1-4H/b;2-1+;6-5+;. The average Bonchev–Trinajstić information content (AvgIpc) is 3.89. The number of carbonyl (C=O) groups is 1. The predicted octanol–water partition coefficient (Wildman–Crippen LogP) is 16.7. The molecule has 1 aromatic carbocycles. The molecule has 8 rings (SSSR count). The normalized spacial score (nSPS) is 10.9. The molecular weight excluding hydrogens is 980 g/mol. The summed E-state index contributed by atoms with van der Waals surface area (Å²) in [5.74, 6) is 0. The van der Waals surface area contributed by atoms with E-state index in [0.29, 0.717) is 0 Å². The van der Waals surface area contributed by atoms with Crippen LogP contribution in [0.2, 0.25) is 0 Å². The first kappa shape index (κ1) is 37.0. The van der Waals surface area contributed by atoms with Crippen molar-refractivity contribution in [1.29, 1.82) is 0 Å². The molecule has 0 bridgehead atoms. The lowest BCUT2D eigenvalue weighted by atomic mass is 10.2. The molecule has 7 heterocycles. The third-order valence-corrected chi connectivity index (χ3v) is 14.8. The Labute approximate surface area is 335 Å². The molecule has 0 N–H and O–H groups in total. The quantitative estimate of drug-likeness (QED) is 0.157. The van der Waals surface area contributed by atoms with Crippen LogP contribution < -0.4 is 0 Å². The maximum absolute atomic E-state index is 9.88. The maximum Gasteiger partial charge on any atom is 0.159 e. The minimum absolute atomic E-state index is 0.792. The highest BCUT2D eigenvalue weighted by atomic mass is 79.9. The molecule has 7 aromatic heterocycles. The Morgan fingerprint density at radius 1 is 0.426 bits per heavy atom. The van der Waals surface area contributed by atoms with Gasteiger partial charge in [-0.05, 0) is 171 Å². The van der Waals surface area contributed by atoms with Gasteiger partial charge in [-0.1, -0.05) is 18.2 Å². The fraction of sp³-hybridized carbons (Fsp3) is 0. The average molecular weight is 1000 g/mol. The fourth-order valence-corrected chi connectivity index (χ4v) is 11.4. The van der Waals surface area contributed by atoms with Crippen LogP contribution in [-0.4, -0.2) is 6.29 Å². The van der Waals surface area contributed by atoms with Gasteiger partial charge >= 0.3 is 0 Å². The molecule has 0 aliphatic carbocycles. The van der Waals surface area contributed by atoms with Gasteiger partial charge in [0.15, 0.2) is 6.29 Å². The van der Waals surface area contributed by atoms with Crippen molar-refractivity contribution < 1.29 is 4.79 Å². The summed E-state index contributed by atoms with van der Waals surface area (Å²) in [5.41, 5.74) is 0. The van der Waals surface area contributed by atoms with E-state index in [2.05, 4.69) is 172 Å². The van der Waals surface area contributed by atoms with E-state index < -0.39 is 0 Å². The van der Waals surface area contributed by atoms with Gasteiger partial charge in [0.2, 0.25) is 0 Å². The second kappa shape index (κ2) is 19.2. The summed E-state index contributed by atoms with van der Waals surface area (Å²) in [6, 6.07) is 29.1. The van der Waals surface area contributed by atoms with Gasteiger partial charge < -0.3 is 0 Å². The van der Waals surface area contributed by atoms with Gasteiger partial charge in [-0.2, -0.15) is 0 Å². The van der Waals surface area contributed by atoms with Gasteiger partial charge in [0, 0.05) is 39.7 Å². The highest BCUT2D eigenvalue weighted by Gasteiger charge is 2.06. The minimum atomic E-state index is 0.792. The molecule has 1 nitrogen and oxygen atoms in total. The maximum atomic E-state index is 9.88. The number of aldehydes is 1. The molecule has 47 heavy (non-hydrogen) atoms. The molecule has 0 aliphatic rings. The van der Waals surface area contributed by atoms with Crippen LogP contribution in [0.4, 0.5) is 0 Å². The number of rotatable bonds is 5. The first-order chi connectivity index (χ1) is 22.9. The Kier molecular flexibility index (Phi) is 15.1. The van der Waals surface area contributed by atoms with Crippen molar-refractivity contribution >= 4 is 194 Å². The predicted molar refractivity (Wildman–Crippen MR) is 233 cm³/mol. The Morgan fingerprint density at radius 3 is 1.15 bits per heavy atom. The molecule has 0 spiro atoms. The van der Waals surface area contributed by atoms with Gasteiger partial charge in [-0.25, -0.2) is 0 Å². The van der Waals surface area contributed by atoms with E-state index in [1.165, 1.54) is 66.2 Å². The molecule has 0 saturated heterocycles. The zero-order valence-corrected chi connectivity index (χ0v) is 36.0. The highest BCUT2D eigenvalue weighted by molar-refractivity contribution is 9.11. The third-order valence-electron chi connectivity index (χ3n) is 5.90. The fourth-order valence-electron chi connectivity index (χ4n) is 3.86. The van der Waals surface area contributed by atoms with Gasteiger partial charge in [0.25, 0.3) is 0 Å². The first-order valence-corrected chi connectivity index (χ1v) is 22.6. The SMILES string of the molecule is Brc1cc2c(ccc3sc(Br)cc32)s1.Brc1ccc(/C=C/c2ccc(Br)s2)s1.C(=C\c1cccs1)/c1cccs1.O=Cc1cccs1. The van der Waals surface area contributed by atoms with Gasteiger partial charge in [-0.3, -0.25) is 4.79 Å². The first-order valence-electron chi connectivity index (χ1n) is 13.6. The number of hydrogen-bond donors (Lipinski definition) is 0. The second-order valence-electron chi connectivity index (χ2n) is 9.10. The molecular formula is C35H22Br4OS7. The van der Waals surface area contributed by atoms with Crippen molar-refractivity contribution in [3.05, 3.63) is 141 Å². The summed E-state index contributed by atoms with van der Waals surface area (Å²) in [5, 5.41) is 8.76. The number of carbonyl (C=O) groups excluding carboxylic acids is 1. The van der Waals surface area contributed by atoms with Crippen molar-refractivity contribution in [3.8, 4) is 0 Å². The number of halogens is 4. The molecule has 12 heteroatoms. The molecule has 0 fully saturated rings. The second-order valence-corrected chi connectivity index (χ2v) is 22.0. The van der Waals surface area contributed by atoms with Crippen molar-refractivity contribution in [1.82, 2.24) is 0 Å². The van der Waals surface area contributed by atoms with Crippen molar-refractivity contribution in [2.45, 2.75) is 0 Å². The van der Waals surface area contributed by atoms with E-state index >= 15 is 0 Å². The van der Waals surface area contributed by atoms with Crippen LogP contribution in [0.1, 0.15) is 29.2 Å². The number of thiophene rings is 7. The summed E-state index contributed by atoms with van der Waals surface area (Å²) in [6.07, 6.45) is 9.42. The van der Waals surface area contributed by atoms with Crippen LogP contribution in [0.25, 0.3) is 44.5 Å². The topological polar surface area (TPSA) is 17.1 Å². The van der Waals surface area contributed by atoms with E-state index in [9.17, 15) is 4.79 Å². The summed E-state index contributed by atoms with van der Waals surface area (Å²) in [4.78, 5) is 15.8. The number of fused-ring (bicyclic) bond motifs is 3. The number of benzene rings is 1. The van der Waals surface area contributed by atoms with Crippen LogP contribution in [-0.2, 0) is 0 Å². The van der Waals surface area contributed by atoms with E-state index in [4.69, 9.17) is 0 Å². The third kappa shape index (κ3) is 11.9. The van der Waals surface area contributed by atoms with Crippen LogP contribution in [0.5, 0.6) is 0 Å². The monoisotopic (exact) mass is 998 g/mol. The van der Waals surface area contributed by atoms with E-state index in [-0.39, 0.29) is 0 Å². The zero-order chi connectivity index (χ0) is 33.0. The smallest absolute Gasteiger partial charge is 0.159 e. The Hall–Kier alpha value is -1.29. The molecule has 0 amide bonds. The Balaban J connectivity index is 0.000000126. The molecule has 0 saturated carbocycles. The summed E-state index contributed by atoms with van der Waals surface area (Å²) < 4.78 is 7.42. The number of hydrogen-bond acceptors (Lipinski definition) is 8. The molecule has 0 atom stereocenters. The molecule has 0 unspecified atom stereocenters. The Bertz CT molecular complexity index is 2030. The summed E-state index contributed by atoms with van der Waals surface area (Å²) in [7, 11) is 0. The van der Waals surface area contributed by atoms with Crippen LogP contribution in [0.15, 0.2) is 116 Å². The van der Waals surface area contributed by atoms with Crippen LogP contribution in [0, 0.1) is 0 Å². The van der Waals surface area contributed by atoms with Crippen molar-refractivity contribution in [2.24, 2.45) is 0 Å². The largest absolute Gasteiger partial charge is 0.297 e. The van der Waals surface area contributed by atoms with Crippen molar-refractivity contribution in [2.75, 3.05) is 0 Å². The van der Waals surface area contributed by atoms with E-state index in [1.54, 1.807) is 74.1 Å². The Morgan fingerprint density at radius 2 is 0.830 bits per heavy atom. The lowest BCUT2D eigenvalue weighted by Crippen LogP contribution is -1.63. The van der Waals surface area contributed by atoms with Crippen molar-refractivity contribution in [3.63, 3.8) is 0 Å².